The molecule has 0 bridgehead atoms. The molecule has 1 aromatic rings. The molecule has 0 spiro atoms. The lowest BCUT2D eigenvalue weighted by Gasteiger charge is -2.25. The Morgan fingerprint density at radius 2 is 2.32 bits per heavy atom. The molecular formula is C12H16N2O3S2. The van der Waals surface area contributed by atoms with Gasteiger partial charge in [-0.2, -0.15) is 0 Å². The molecule has 2 saturated heterocycles. The number of amides is 1. The predicted octanol–water partition coefficient (Wildman–Crippen LogP) is 0.613. The van der Waals surface area contributed by atoms with Crippen molar-refractivity contribution in [3.63, 3.8) is 0 Å². The van der Waals surface area contributed by atoms with Crippen LogP contribution in [0.25, 0.3) is 0 Å². The van der Waals surface area contributed by atoms with E-state index < -0.39 is 9.84 Å². The highest BCUT2D eigenvalue weighted by Gasteiger charge is 2.36. The molecule has 7 heteroatoms. The summed E-state index contributed by atoms with van der Waals surface area (Å²) in [5.74, 6) is 0.615. The SMILES string of the molecule is O=C1CNC(c2cccs2)N1CC1CCS(=O)(=O)C1. The zero-order valence-electron chi connectivity index (χ0n) is 10.4. The smallest absolute Gasteiger partial charge is 0.238 e. The predicted molar refractivity (Wildman–Crippen MR) is 73.5 cm³/mol. The molecule has 0 aromatic carbocycles. The fourth-order valence-electron chi connectivity index (χ4n) is 2.74. The van der Waals surface area contributed by atoms with Crippen LogP contribution < -0.4 is 5.32 Å². The third kappa shape index (κ3) is 2.68. The summed E-state index contributed by atoms with van der Waals surface area (Å²) in [5, 5.41) is 5.18. The lowest BCUT2D eigenvalue weighted by molar-refractivity contribution is -0.128. The van der Waals surface area contributed by atoms with Gasteiger partial charge in [0.25, 0.3) is 0 Å². The van der Waals surface area contributed by atoms with Gasteiger partial charge in [0.05, 0.1) is 18.1 Å². The van der Waals surface area contributed by atoms with E-state index in [9.17, 15) is 13.2 Å². The number of thiophene rings is 1. The average molecular weight is 300 g/mol. The highest BCUT2D eigenvalue weighted by atomic mass is 32.2. The van der Waals surface area contributed by atoms with Gasteiger partial charge >= 0.3 is 0 Å². The highest BCUT2D eigenvalue weighted by Crippen LogP contribution is 2.29. The van der Waals surface area contributed by atoms with Crippen LogP contribution in [0, 0.1) is 5.92 Å². The zero-order chi connectivity index (χ0) is 13.5. The summed E-state index contributed by atoms with van der Waals surface area (Å²) in [4.78, 5) is 14.8. The van der Waals surface area contributed by atoms with Gasteiger partial charge in [0, 0.05) is 11.4 Å². The summed E-state index contributed by atoms with van der Waals surface area (Å²) in [6.07, 6.45) is 0.583. The first kappa shape index (κ1) is 13.1. The number of carbonyl (C=O) groups is 1. The number of hydrogen-bond donors (Lipinski definition) is 1. The average Bonchev–Trinajstić information content (AvgIpc) is 3.03. The largest absolute Gasteiger partial charge is 0.321 e. The van der Waals surface area contributed by atoms with Crippen LogP contribution in [0.5, 0.6) is 0 Å². The molecule has 2 fully saturated rings. The summed E-state index contributed by atoms with van der Waals surface area (Å²) in [6.45, 7) is 0.871. The Hall–Kier alpha value is -0.920. The first-order valence-electron chi connectivity index (χ1n) is 6.32. The van der Waals surface area contributed by atoms with Gasteiger partial charge in [-0.25, -0.2) is 8.42 Å². The Morgan fingerprint density at radius 1 is 1.47 bits per heavy atom. The summed E-state index contributed by atoms with van der Waals surface area (Å²) in [5.41, 5.74) is 0. The van der Waals surface area contributed by atoms with E-state index in [1.165, 1.54) is 0 Å². The minimum absolute atomic E-state index is 0.0581. The third-order valence-corrected chi connectivity index (χ3v) is 6.43. The summed E-state index contributed by atoms with van der Waals surface area (Å²) in [7, 11) is -2.88. The molecule has 3 heterocycles. The number of carbonyl (C=O) groups excluding carboxylic acids is 1. The number of nitrogens with zero attached hydrogens (tertiary/aromatic N) is 1. The van der Waals surface area contributed by atoms with Crippen LogP contribution in [0.4, 0.5) is 0 Å². The van der Waals surface area contributed by atoms with Crippen LogP contribution in [-0.4, -0.2) is 43.8 Å². The molecule has 0 radical (unpaired) electrons. The fourth-order valence-corrected chi connectivity index (χ4v) is 5.40. The first-order chi connectivity index (χ1) is 9.05. The summed E-state index contributed by atoms with van der Waals surface area (Å²) >= 11 is 1.61. The molecule has 5 nitrogen and oxygen atoms in total. The fraction of sp³-hybridized carbons (Fsp3) is 0.583. The van der Waals surface area contributed by atoms with Crippen molar-refractivity contribution in [2.75, 3.05) is 24.6 Å². The molecule has 0 saturated carbocycles. The van der Waals surface area contributed by atoms with E-state index in [-0.39, 0.29) is 29.5 Å². The van der Waals surface area contributed by atoms with Crippen molar-refractivity contribution in [2.45, 2.75) is 12.6 Å². The van der Waals surface area contributed by atoms with E-state index in [0.29, 0.717) is 19.5 Å². The molecule has 2 aliphatic rings. The van der Waals surface area contributed by atoms with E-state index in [1.807, 2.05) is 17.5 Å². The number of sulfone groups is 1. The Labute approximate surface area is 116 Å². The minimum atomic E-state index is -2.88. The van der Waals surface area contributed by atoms with Gasteiger partial charge in [-0.15, -0.1) is 11.3 Å². The topological polar surface area (TPSA) is 66.5 Å². The number of nitrogens with one attached hydrogen (secondary N) is 1. The van der Waals surface area contributed by atoms with Crippen molar-refractivity contribution in [1.82, 2.24) is 10.2 Å². The molecule has 0 aliphatic carbocycles. The Kier molecular flexibility index (Phi) is 3.36. The van der Waals surface area contributed by atoms with Crippen LogP contribution in [0.3, 0.4) is 0 Å². The second-order valence-electron chi connectivity index (χ2n) is 5.11. The monoisotopic (exact) mass is 300 g/mol. The normalized spacial score (nSPS) is 30.1. The Balaban J connectivity index is 1.73. The maximum atomic E-state index is 11.9. The van der Waals surface area contributed by atoms with Crippen LogP contribution in [-0.2, 0) is 14.6 Å². The van der Waals surface area contributed by atoms with Crippen molar-refractivity contribution < 1.29 is 13.2 Å². The van der Waals surface area contributed by atoms with E-state index in [1.54, 1.807) is 16.2 Å². The molecule has 19 heavy (non-hydrogen) atoms. The number of hydrogen-bond acceptors (Lipinski definition) is 5. The first-order valence-corrected chi connectivity index (χ1v) is 9.02. The molecule has 1 N–H and O–H groups in total. The van der Waals surface area contributed by atoms with Gasteiger partial charge in [0.15, 0.2) is 9.84 Å². The van der Waals surface area contributed by atoms with Crippen LogP contribution in [0.15, 0.2) is 17.5 Å². The van der Waals surface area contributed by atoms with Gasteiger partial charge < -0.3 is 4.90 Å². The summed E-state index contributed by atoms with van der Waals surface area (Å²) in [6, 6.07) is 3.96. The standard InChI is InChI=1S/C12H16N2O3S2/c15-11-6-13-12(10-2-1-4-18-10)14(11)7-9-3-5-19(16,17)8-9/h1-2,4,9,12-13H,3,5-8H2. The van der Waals surface area contributed by atoms with Crippen molar-refractivity contribution in [3.05, 3.63) is 22.4 Å². The molecule has 2 aliphatic heterocycles. The van der Waals surface area contributed by atoms with Crippen molar-refractivity contribution in [3.8, 4) is 0 Å². The van der Waals surface area contributed by atoms with Gasteiger partial charge in [-0.3, -0.25) is 10.1 Å². The lowest BCUT2D eigenvalue weighted by atomic mass is 10.1. The molecular weight excluding hydrogens is 284 g/mol. The second kappa shape index (κ2) is 4.88. The second-order valence-corrected chi connectivity index (χ2v) is 8.32. The van der Waals surface area contributed by atoms with Gasteiger partial charge in [0.2, 0.25) is 5.91 Å². The van der Waals surface area contributed by atoms with E-state index >= 15 is 0 Å². The zero-order valence-corrected chi connectivity index (χ0v) is 12.0. The quantitative estimate of drug-likeness (QED) is 0.888. The van der Waals surface area contributed by atoms with E-state index in [2.05, 4.69) is 5.32 Å². The Morgan fingerprint density at radius 3 is 2.95 bits per heavy atom. The van der Waals surface area contributed by atoms with Crippen molar-refractivity contribution in [1.29, 1.82) is 0 Å². The lowest BCUT2D eigenvalue weighted by Crippen LogP contribution is -2.34. The van der Waals surface area contributed by atoms with Crippen molar-refractivity contribution in [2.24, 2.45) is 5.92 Å². The van der Waals surface area contributed by atoms with E-state index in [4.69, 9.17) is 0 Å². The molecule has 2 unspecified atom stereocenters. The summed E-state index contributed by atoms with van der Waals surface area (Å²) < 4.78 is 23.0. The number of rotatable bonds is 3. The molecule has 2 atom stereocenters. The van der Waals surface area contributed by atoms with Gasteiger partial charge in [-0.1, -0.05) is 6.07 Å². The molecule has 1 amide bonds. The van der Waals surface area contributed by atoms with E-state index in [0.717, 1.165) is 4.88 Å². The highest BCUT2D eigenvalue weighted by molar-refractivity contribution is 7.91. The third-order valence-electron chi connectivity index (χ3n) is 3.67. The minimum Gasteiger partial charge on any atom is -0.321 e. The van der Waals surface area contributed by atoms with Gasteiger partial charge in [-0.05, 0) is 23.8 Å². The molecule has 1 aromatic heterocycles. The van der Waals surface area contributed by atoms with Gasteiger partial charge in [0.1, 0.15) is 6.17 Å². The van der Waals surface area contributed by atoms with Crippen LogP contribution in [0.2, 0.25) is 0 Å². The van der Waals surface area contributed by atoms with Crippen LogP contribution >= 0.6 is 11.3 Å². The molecule has 3 rings (SSSR count). The van der Waals surface area contributed by atoms with Crippen LogP contribution in [0.1, 0.15) is 17.5 Å². The maximum absolute atomic E-state index is 11.9. The molecule has 104 valence electrons. The van der Waals surface area contributed by atoms with Crippen molar-refractivity contribution >= 4 is 27.1 Å². The Bertz CT molecular complexity index is 568. The maximum Gasteiger partial charge on any atom is 0.238 e.